The van der Waals surface area contributed by atoms with E-state index in [1.165, 1.54) is 12.1 Å². The van der Waals surface area contributed by atoms with Gasteiger partial charge in [0.1, 0.15) is 10.7 Å². The Bertz CT molecular complexity index is 520. The van der Waals surface area contributed by atoms with Gasteiger partial charge < -0.3 is 4.42 Å². The highest BCUT2D eigenvalue weighted by Crippen LogP contribution is 2.16. The highest BCUT2D eigenvalue weighted by molar-refractivity contribution is 6.18. The van der Waals surface area contributed by atoms with E-state index in [4.69, 9.17) is 27.6 Å². The predicted molar refractivity (Wildman–Crippen MR) is 85.0 cm³/mol. The summed E-state index contributed by atoms with van der Waals surface area (Å²) in [7, 11) is 0. The average molecular weight is 332 g/mol. The molecule has 0 saturated carbocycles. The fourth-order valence-electron chi connectivity index (χ4n) is 1.35. The first-order chi connectivity index (χ1) is 10.2. The molecule has 114 valence electrons. The minimum absolute atomic E-state index is 0.280. The second-order valence-electron chi connectivity index (χ2n) is 3.77. The van der Waals surface area contributed by atoms with Crippen molar-refractivity contribution in [2.75, 3.05) is 24.8 Å². The molecule has 0 fully saturated rings. The van der Waals surface area contributed by atoms with Crippen molar-refractivity contribution in [2.24, 2.45) is 5.10 Å². The van der Waals surface area contributed by atoms with E-state index in [-0.39, 0.29) is 5.88 Å². The van der Waals surface area contributed by atoms with E-state index >= 15 is 0 Å². The number of halogens is 2. The number of hydrazone groups is 1. The number of hydrogen-bond acceptors (Lipinski definition) is 5. The standard InChI is InChI=1S/C13H15Cl2N3O3/c14-7-10-17(11-8-15)16-9-3-1-2-4-12-5-6-13(21-12)18(19)20/h1-6,9H,7-8,10-11H2/b3-1+,4-2+,16-9+. The summed E-state index contributed by atoms with van der Waals surface area (Å²) in [5, 5.41) is 16.4. The van der Waals surface area contributed by atoms with Crippen LogP contribution in [0.4, 0.5) is 5.88 Å². The van der Waals surface area contributed by atoms with Gasteiger partial charge in [0.05, 0.1) is 6.07 Å². The van der Waals surface area contributed by atoms with Crippen LogP contribution in [-0.2, 0) is 0 Å². The molecular weight excluding hydrogens is 317 g/mol. The van der Waals surface area contributed by atoms with Gasteiger partial charge in [0.25, 0.3) is 0 Å². The molecule has 1 heterocycles. The first kappa shape index (κ1) is 17.3. The van der Waals surface area contributed by atoms with Crippen LogP contribution < -0.4 is 0 Å². The third kappa shape index (κ3) is 6.97. The number of nitro groups is 1. The second kappa shape index (κ2) is 10.0. The molecule has 0 saturated heterocycles. The van der Waals surface area contributed by atoms with Gasteiger partial charge in [0.2, 0.25) is 0 Å². The van der Waals surface area contributed by atoms with Gasteiger partial charge in [-0.2, -0.15) is 5.10 Å². The van der Waals surface area contributed by atoms with Crippen molar-refractivity contribution in [3.05, 3.63) is 46.2 Å². The lowest BCUT2D eigenvalue weighted by atomic mass is 10.4. The van der Waals surface area contributed by atoms with Crippen LogP contribution in [0.25, 0.3) is 6.08 Å². The molecule has 0 N–H and O–H groups in total. The number of furan rings is 1. The van der Waals surface area contributed by atoms with Crippen molar-refractivity contribution < 1.29 is 9.34 Å². The fraction of sp³-hybridized carbons (Fsp3) is 0.308. The van der Waals surface area contributed by atoms with E-state index < -0.39 is 4.92 Å². The van der Waals surface area contributed by atoms with E-state index in [0.29, 0.717) is 30.6 Å². The van der Waals surface area contributed by atoms with Gasteiger partial charge in [-0.05, 0) is 18.2 Å². The first-order valence-electron chi connectivity index (χ1n) is 6.15. The summed E-state index contributed by atoms with van der Waals surface area (Å²) in [4.78, 5) is 9.85. The zero-order valence-corrected chi connectivity index (χ0v) is 12.7. The molecule has 1 aromatic rings. The first-order valence-corrected chi connectivity index (χ1v) is 7.22. The van der Waals surface area contributed by atoms with Crippen molar-refractivity contribution >= 4 is 41.4 Å². The summed E-state index contributed by atoms with van der Waals surface area (Å²) in [6, 6.07) is 2.83. The fourth-order valence-corrected chi connectivity index (χ4v) is 1.74. The lowest BCUT2D eigenvalue weighted by Crippen LogP contribution is -2.22. The molecule has 0 aliphatic rings. The van der Waals surface area contributed by atoms with E-state index in [1.54, 1.807) is 35.5 Å². The summed E-state index contributed by atoms with van der Waals surface area (Å²) in [5.41, 5.74) is 0. The van der Waals surface area contributed by atoms with Crippen LogP contribution in [0.3, 0.4) is 0 Å². The number of nitrogens with zero attached hydrogens (tertiary/aromatic N) is 3. The number of allylic oxidation sites excluding steroid dienone is 3. The molecule has 0 atom stereocenters. The third-order valence-electron chi connectivity index (χ3n) is 2.28. The molecule has 0 unspecified atom stereocenters. The van der Waals surface area contributed by atoms with E-state index in [2.05, 4.69) is 5.10 Å². The maximum absolute atomic E-state index is 10.4. The molecule has 0 aromatic carbocycles. The molecule has 6 nitrogen and oxygen atoms in total. The Morgan fingerprint density at radius 3 is 2.52 bits per heavy atom. The van der Waals surface area contributed by atoms with Gasteiger partial charge in [-0.25, -0.2) is 0 Å². The smallest absolute Gasteiger partial charge is 0.401 e. The minimum atomic E-state index is -0.581. The van der Waals surface area contributed by atoms with Crippen molar-refractivity contribution in [1.82, 2.24) is 5.01 Å². The Balaban J connectivity index is 2.45. The second-order valence-corrected chi connectivity index (χ2v) is 4.53. The third-order valence-corrected chi connectivity index (χ3v) is 2.61. The Labute approximate surface area is 132 Å². The van der Waals surface area contributed by atoms with Gasteiger partial charge in [0.15, 0.2) is 0 Å². The van der Waals surface area contributed by atoms with Crippen LogP contribution in [0.1, 0.15) is 5.76 Å². The van der Waals surface area contributed by atoms with Gasteiger partial charge in [-0.1, -0.05) is 12.2 Å². The lowest BCUT2D eigenvalue weighted by Gasteiger charge is -2.14. The molecule has 0 radical (unpaired) electrons. The van der Waals surface area contributed by atoms with E-state index in [0.717, 1.165) is 0 Å². The topological polar surface area (TPSA) is 71.9 Å². The van der Waals surface area contributed by atoms with Gasteiger partial charge in [-0.3, -0.25) is 15.1 Å². The van der Waals surface area contributed by atoms with E-state index in [9.17, 15) is 10.1 Å². The summed E-state index contributed by atoms with van der Waals surface area (Å²) in [6.07, 6.45) is 8.39. The van der Waals surface area contributed by atoms with Crippen LogP contribution in [0.15, 0.2) is 39.9 Å². The van der Waals surface area contributed by atoms with Crippen molar-refractivity contribution in [1.29, 1.82) is 0 Å². The molecular formula is C13H15Cl2N3O3. The molecule has 1 aromatic heterocycles. The van der Waals surface area contributed by atoms with Gasteiger partial charge in [-0.15, -0.1) is 23.2 Å². The Hall–Kier alpha value is -1.79. The van der Waals surface area contributed by atoms with Crippen LogP contribution in [0.2, 0.25) is 0 Å². The Kier molecular flexibility index (Phi) is 8.23. The maximum Gasteiger partial charge on any atom is 0.433 e. The van der Waals surface area contributed by atoms with Crippen molar-refractivity contribution in [3.63, 3.8) is 0 Å². The number of alkyl halides is 2. The molecule has 0 amide bonds. The summed E-state index contributed by atoms with van der Waals surface area (Å²) in [6.45, 7) is 1.26. The maximum atomic E-state index is 10.4. The van der Waals surface area contributed by atoms with Crippen LogP contribution >= 0.6 is 23.2 Å². The SMILES string of the molecule is O=[N+]([O-])c1ccc(/C=C/C=C/C=N/N(CCCl)CCCl)o1. The molecule has 1 rings (SSSR count). The largest absolute Gasteiger partial charge is 0.433 e. The number of hydrogen-bond donors (Lipinski definition) is 0. The lowest BCUT2D eigenvalue weighted by molar-refractivity contribution is -0.402. The quantitative estimate of drug-likeness (QED) is 0.228. The number of rotatable bonds is 9. The highest BCUT2D eigenvalue weighted by atomic mass is 35.5. The monoisotopic (exact) mass is 331 g/mol. The molecule has 0 aliphatic carbocycles. The molecule has 0 spiro atoms. The molecule has 21 heavy (non-hydrogen) atoms. The van der Waals surface area contributed by atoms with Crippen LogP contribution in [0, 0.1) is 10.1 Å². The van der Waals surface area contributed by atoms with Crippen molar-refractivity contribution in [2.45, 2.75) is 0 Å². The molecule has 8 heteroatoms. The van der Waals surface area contributed by atoms with E-state index in [1.807, 2.05) is 0 Å². The van der Waals surface area contributed by atoms with Crippen molar-refractivity contribution in [3.8, 4) is 0 Å². The summed E-state index contributed by atoms with van der Waals surface area (Å²) in [5.74, 6) is 1.09. The normalized spacial score (nSPS) is 11.9. The van der Waals surface area contributed by atoms with Gasteiger partial charge >= 0.3 is 5.88 Å². The average Bonchev–Trinajstić information content (AvgIpc) is 2.92. The molecule has 0 aliphatic heterocycles. The Morgan fingerprint density at radius 1 is 1.24 bits per heavy atom. The zero-order valence-electron chi connectivity index (χ0n) is 11.2. The minimum Gasteiger partial charge on any atom is -0.401 e. The Morgan fingerprint density at radius 2 is 1.95 bits per heavy atom. The summed E-state index contributed by atoms with van der Waals surface area (Å²) < 4.78 is 4.96. The zero-order chi connectivity index (χ0) is 15.5. The van der Waals surface area contributed by atoms with Crippen LogP contribution in [-0.4, -0.2) is 41.0 Å². The van der Waals surface area contributed by atoms with Crippen LogP contribution in [0.5, 0.6) is 0 Å². The summed E-state index contributed by atoms with van der Waals surface area (Å²) >= 11 is 11.3. The van der Waals surface area contributed by atoms with Gasteiger partial charge in [0, 0.05) is 31.1 Å². The predicted octanol–water partition coefficient (Wildman–Crippen LogP) is 3.52. The molecule has 0 bridgehead atoms. The highest BCUT2D eigenvalue weighted by Gasteiger charge is 2.09.